The van der Waals surface area contributed by atoms with Crippen molar-refractivity contribution in [2.24, 2.45) is 0 Å². The van der Waals surface area contributed by atoms with Gasteiger partial charge in [0.2, 0.25) is 0 Å². The minimum absolute atomic E-state index is 0.0642. The van der Waals surface area contributed by atoms with Crippen molar-refractivity contribution in [3.05, 3.63) is 84.6 Å². The molecule has 1 aliphatic heterocycles. The summed E-state index contributed by atoms with van der Waals surface area (Å²) in [6.45, 7) is 6.40. The third-order valence-corrected chi connectivity index (χ3v) is 6.22. The summed E-state index contributed by atoms with van der Waals surface area (Å²) in [6.07, 6.45) is -0.0642. The van der Waals surface area contributed by atoms with Crippen LogP contribution in [0.2, 0.25) is 0 Å². The van der Waals surface area contributed by atoms with E-state index in [1.54, 1.807) is 0 Å². The first-order chi connectivity index (χ1) is 15.2. The van der Waals surface area contributed by atoms with Crippen LogP contribution in [-0.2, 0) is 0 Å². The van der Waals surface area contributed by atoms with Crippen molar-refractivity contribution in [1.82, 2.24) is 9.88 Å². The van der Waals surface area contributed by atoms with Crippen LogP contribution in [-0.4, -0.2) is 43.1 Å². The molecule has 0 bridgehead atoms. The Morgan fingerprint density at radius 3 is 2.45 bits per heavy atom. The lowest BCUT2D eigenvalue weighted by Gasteiger charge is -2.34. The fourth-order valence-corrected chi connectivity index (χ4v) is 4.33. The molecular weight excluding hydrogens is 382 g/mol. The molecule has 2 heterocycles. The van der Waals surface area contributed by atoms with E-state index in [1.807, 2.05) is 6.07 Å². The number of aromatic amines is 1. The molecule has 1 saturated heterocycles. The Morgan fingerprint density at radius 2 is 1.65 bits per heavy atom. The number of anilines is 1. The van der Waals surface area contributed by atoms with Gasteiger partial charge in [-0.05, 0) is 55.3 Å². The van der Waals surface area contributed by atoms with E-state index >= 15 is 0 Å². The van der Waals surface area contributed by atoms with Crippen LogP contribution in [0, 0.1) is 0 Å². The van der Waals surface area contributed by atoms with Crippen molar-refractivity contribution in [3.8, 4) is 17.0 Å². The van der Waals surface area contributed by atoms with Gasteiger partial charge in [-0.2, -0.15) is 0 Å². The summed E-state index contributed by atoms with van der Waals surface area (Å²) in [7, 11) is 2.19. The molecule has 1 fully saturated rings. The third-order valence-electron chi connectivity index (χ3n) is 6.22. The Balaban J connectivity index is 1.38. The Labute approximate surface area is 184 Å². The summed E-state index contributed by atoms with van der Waals surface area (Å²) in [6, 6.07) is 27.6. The van der Waals surface area contributed by atoms with Crippen LogP contribution in [0.4, 0.5) is 5.69 Å². The van der Waals surface area contributed by atoms with Gasteiger partial charge in [0, 0.05) is 42.9 Å². The lowest BCUT2D eigenvalue weighted by Crippen LogP contribution is -2.44. The maximum Gasteiger partial charge on any atom is 0.136 e. The Morgan fingerprint density at radius 1 is 0.839 bits per heavy atom. The molecule has 31 heavy (non-hydrogen) atoms. The molecule has 1 aromatic heterocycles. The quantitative estimate of drug-likeness (QED) is 0.455. The Hall–Kier alpha value is -3.24. The molecule has 3 aromatic carbocycles. The first-order valence-electron chi connectivity index (χ1n) is 11.0. The second-order valence-corrected chi connectivity index (χ2v) is 8.40. The first kappa shape index (κ1) is 19.7. The number of fused-ring (bicyclic) bond motifs is 1. The zero-order valence-electron chi connectivity index (χ0n) is 18.2. The molecule has 4 nitrogen and oxygen atoms in total. The van der Waals surface area contributed by atoms with Crippen molar-refractivity contribution < 1.29 is 4.74 Å². The maximum atomic E-state index is 6.36. The van der Waals surface area contributed by atoms with E-state index in [2.05, 4.69) is 102 Å². The first-order valence-corrected chi connectivity index (χ1v) is 11.0. The second-order valence-electron chi connectivity index (χ2n) is 8.40. The molecule has 5 rings (SSSR count). The van der Waals surface area contributed by atoms with Gasteiger partial charge < -0.3 is 19.5 Å². The normalized spacial score (nSPS) is 15.9. The van der Waals surface area contributed by atoms with E-state index in [0.29, 0.717) is 0 Å². The number of ether oxygens (including phenoxy) is 1. The number of H-pyrrole nitrogens is 1. The number of likely N-dealkylation sites (N-methyl/N-ethyl adjacent to an activating group) is 1. The number of benzene rings is 3. The summed E-state index contributed by atoms with van der Waals surface area (Å²) in [5.74, 6) is 0.900. The number of nitrogens with one attached hydrogen (secondary N) is 1. The minimum Gasteiger partial charge on any atom is -0.484 e. The number of hydrogen-bond donors (Lipinski definition) is 1. The van der Waals surface area contributed by atoms with Crippen molar-refractivity contribution in [2.45, 2.75) is 13.0 Å². The summed E-state index contributed by atoms with van der Waals surface area (Å²) in [5.41, 5.74) is 4.67. The molecule has 0 spiro atoms. The second kappa shape index (κ2) is 8.48. The average molecular weight is 412 g/mol. The predicted molar refractivity (Wildman–Crippen MR) is 129 cm³/mol. The Bertz CT molecular complexity index is 1160. The average Bonchev–Trinajstić information content (AvgIpc) is 3.31. The van der Waals surface area contributed by atoms with Gasteiger partial charge >= 0.3 is 0 Å². The number of piperazine rings is 1. The summed E-state index contributed by atoms with van der Waals surface area (Å²) in [5, 5.41) is 2.51. The molecule has 0 saturated carbocycles. The molecule has 1 unspecified atom stereocenters. The third kappa shape index (κ3) is 4.17. The van der Waals surface area contributed by atoms with Gasteiger partial charge in [-0.1, -0.05) is 48.5 Å². The highest BCUT2D eigenvalue weighted by molar-refractivity contribution is 5.95. The number of nitrogens with zero attached hydrogens (tertiary/aromatic N) is 2. The van der Waals surface area contributed by atoms with E-state index in [4.69, 9.17) is 4.74 Å². The van der Waals surface area contributed by atoms with E-state index in [9.17, 15) is 0 Å². The van der Waals surface area contributed by atoms with Crippen molar-refractivity contribution in [3.63, 3.8) is 0 Å². The molecule has 1 atom stereocenters. The van der Waals surface area contributed by atoms with Crippen LogP contribution in [0.25, 0.3) is 22.0 Å². The number of hydrogen-bond acceptors (Lipinski definition) is 3. The van der Waals surface area contributed by atoms with Gasteiger partial charge in [0.05, 0.1) is 5.69 Å². The smallest absolute Gasteiger partial charge is 0.136 e. The summed E-state index contributed by atoms with van der Waals surface area (Å²) < 4.78 is 6.36. The highest BCUT2D eigenvalue weighted by Crippen LogP contribution is 2.32. The monoisotopic (exact) mass is 411 g/mol. The van der Waals surface area contributed by atoms with Gasteiger partial charge in [0.1, 0.15) is 11.9 Å². The standard InChI is InChI=1S/C27H29N3O/c1-20(25-13-14-26(28-25)22-7-4-3-5-8-22)31-23-12-11-21-9-6-10-27(24(21)19-23)30-17-15-29(2)16-18-30/h3-14,19-20,28H,15-18H2,1-2H3. The van der Waals surface area contributed by atoms with Gasteiger partial charge in [-0.25, -0.2) is 0 Å². The van der Waals surface area contributed by atoms with Crippen LogP contribution in [0.5, 0.6) is 5.75 Å². The zero-order chi connectivity index (χ0) is 21.2. The molecule has 0 aliphatic carbocycles. The van der Waals surface area contributed by atoms with Crippen LogP contribution in [0.15, 0.2) is 78.9 Å². The van der Waals surface area contributed by atoms with Crippen LogP contribution < -0.4 is 9.64 Å². The summed E-state index contributed by atoms with van der Waals surface area (Å²) >= 11 is 0. The van der Waals surface area contributed by atoms with Crippen molar-refractivity contribution in [1.29, 1.82) is 0 Å². The SMILES string of the molecule is CC(Oc1ccc2cccc(N3CCN(C)CC3)c2c1)c1ccc(-c2ccccc2)[nH]1. The van der Waals surface area contributed by atoms with Crippen LogP contribution >= 0.6 is 0 Å². The van der Waals surface area contributed by atoms with E-state index in [1.165, 1.54) is 22.0 Å². The van der Waals surface area contributed by atoms with Gasteiger partial charge in [0.15, 0.2) is 0 Å². The van der Waals surface area contributed by atoms with Crippen molar-refractivity contribution in [2.75, 3.05) is 38.1 Å². The fraction of sp³-hybridized carbons (Fsp3) is 0.259. The fourth-order valence-electron chi connectivity index (χ4n) is 4.33. The minimum atomic E-state index is -0.0642. The number of rotatable bonds is 5. The van der Waals surface area contributed by atoms with Gasteiger partial charge in [-0.3, -0.25) is 0 Å². The van der Waals surface area contributed by atoms with Crippen LogP contribution in [0.3, 0.4) is 0 Å². The van der Waals surface area contributed by atoms with Crippen molar-refractivity contribution >= 4 is 16.5 Å². The molecule has 1 aliphatic rings. The largest absolute Gasteiger partial charge is 0.484 e. The van der Waals surface area contributed by atoms with E-state index in [-0.39, 0.29) is 6.10 Å². The highest BCUT2D eigenvalue weighted by atomic mass is 16.5. The van der Waals surface area contributed by atoms with Gasteiger partial charge in [0.25, 0.3) is 0 Å². The highest BCUT2D eigenvalue weighted by Gasteiger charge is 2.17. The number of aromatic nitrogens is 1. The molecule has 1 N–H and O–H groups in total. The lowest BCUT2D eigenvalue weighted by atomic mass is 10.1. The topological polar surface area (TPSA) is 31.5 Å². The maximum absolute atomic E-state index is 6.36. The predicted octanol–water partition coefficient (Wildman–Crippen LogP) is 5.73. The molecule has 4 aromatic rings. The van der Waals surface area contributed by atoms with E-state index in [0.717, 1.165) is 43.3 Å². The zero-order valence-corrected chi connectivity index (χ0v) is 18.2. The molecule has 0 amide bonds. The summed E-state index contributed by atoms with van der Waals surface area (Å²) in [4.78, 5) is 8.40. The van der Waals surface area contributed by atoms with E-state index < -0.39 is 0 Å². The lowest BCUT2D eigenvalue weighted by molar-refractivity contribution is 0.223. The van der Waals surface area contributed by atoms with Crippen LogP contribution in [0.1, 0.15) is 18.7 Å². The Kier molecular flexibility index (Phi) is 5.39. The molecule has 158 valence electrons. The van der Waals surface area contributed by atoms with Gasteiger partial charge in [-0.15, -0.1) is 0 Å². The molecular formula is C27H29N3O. The molecule has 4 heteroatoms. The molecule has 0 radical (unpaired) electrons.